The summed E-state index contributed by atoms with van der Waals surface area (Å²) in [5.74, 6) is -0.924. The van der Waals surface area contributed by atoms with Crippen LogP contribution < -0.4 is 5.32 Å². The molecule has 3 nitrogen and oxygen atoms in total. The molecule has 0 aliphatic rings. The number of carboxylic acids is 1. The van der Waals surface area contributed by atoms with Gasteiger partial charge in [0.25, 0.3) is 0 Å². The highest BCUT2D eigenvalue weighted by atomic mass is 35.5. The Balaban J connectivity index is 1.96. The predicted octanol–water partition coefficient (Wildman–Crippen LogP) is 3.98. The van der Waals surface area contributed by atoms with E-state index in [9.17, 15) is 4.79 Å². The van der Waals surface area contributed by atoms with Crippen molar-refractivity contribution in [2.45, 2.75) is 13.1 Å². The number of halogens is 2. The lowest BCUT2D eigenvalue weighted by molar-refractivity contribution is 0.0696. The highest BCUT2D eigenvalue weighted by Gasteiger charge is 2.04. The van der Waals surface area contributed by atoms with Crippen LogP contribution in [-0.4, -0.2) is 11.1 Å². The van der Waals surface area contributed by atoms with Crippen molar-refractivity contribution in [3.8, 4) is 0 Å². The maximum atomic E-state index is 10.9. The second-order valence-corrected chi connectivity index (χ2v) is 5.19. The molecule has 0 saturated carbocycles. The summed E-state index contributed by atoms with van der Waals surface area (Å²) in [7, 11) is 0. The number of carboxylic acid groups (broad SMARTS) is 1. The molecule has 20 heavy (non-hydrogen) atoms. The van der Waals surface area contributed by atoms with Gasteiger partial charge in [0.05, 0.1) is 5.56 Å². The smallest absolute Gasteiger partial charge is 0.335 e. The average molecular weight is 310 g/mol. The summed E-state index contributed by atoms with van der Waals surface area (Å²) in [6.07, 6.45) is 0. The minimum Gasteiger partial charge on any atom is -0.478 e. The summed E-state index contributed by atoms with van der Waals surface area (Å²) in [6.45, 7) is 1.16. The highest BCUT2D eigenvalue weighted by Crippen LogP contribution is 2.20. The fourth-order valence-electron chi connectivity index (χ4n) is 1.82. The van der Waals surface area contributed by atoms with E-state index in [-0.39, 0.29) is 5.56 Å². The molecular weight excluding hydrogens is 297 g/mol. The number of nitrogens with one attached hydrogen (secondary N) is 1. The largest absolute Gasteiger partial charge is 0.478 e. The van der Waals surface area contributed by atoms with Gasteiger partial charge in [0, 0.05) is 23.1 Å². The van der Waals surface area contributed by atoms with Gasteiger partial charge in [-0.1, -0.05) is 41.4 Å². The molecule has 2 N–H and O–H groups in total. The fourth-order valence-corrected chi connectivity index (χ4v) is 2.30. The molecule has 0 heterocycles. The lowest BCUT2D eigenvalue weighted by atomic mass is 10.1. The van der Waals surface area contributed by atoms with Crippen molar-refractivity contribution < 1.29 is 9.90 Å². The number of hydrogen-bond donors (Lipinski definition) is 2. The van der Waals surface area contributed by atoms with Crippen molar-refractivity contribution in [2.24, 2.45) is 0 Å². The summed E-state index contributed by atoms with van der Waals surface area (Å²) in [4.78, 5) is 10.9. The van der Waals surface area contributed by atoms with E-state index in [2.05, 4.69) is 5.32 Å². The SMILES string of the molecule is O=C(O)c1cccc(CNCc2ccc(Cl)cc2Cl)c1. The molecule has 0 spiro atoms. The van der Waals surface area contributed by atoms with Crippen molar-refractivity contribution in [2.75, 3.05) is 0 Å². The first-order valence-corrected chi connectivity index (χ1v) is 6.79. The van der Waals surface area contributed by atoms with Crippen LogP contribution in [0.4, 0.5) is 0 Å². The Bertz CT molecular complexity index is 629. The van der Waals surface area contributed by atoms with Crippen LogP contribution in [0.15, 0.2) is 42.5 Å². The summed E-state index contributed by atoms with van der Waals surface area (Å²) >= 11 is 11.9. The van der Waals surface area contributed by atoms with Gasteiger partial charge >= 0.3 is 5.97 Å². The third kappa shape index (κ3) is 3.97. The van der Waals surface area contributed by atoms with E-state index >= 15 is 0 Å². The fraction of sp³-hybridized carbons (Fsp3) is 0.133. The Morgan fingerprint density at radius 1 is 1.10 bits per heavy atom. The minimum absolute atomic E-state index is 0.286. The minimum atomic E-state index is -0.924. The van der Waals surface area contributed by atoms with Crippen LogP contribution in [-0.2, 0) is 13.1 Å². The van der Waals surface area contributed by atoms with Crippen LogP contribution in [0.5, 0.6) is 0 Å². The number of hydrogen-bond acceptors (Lipinski definition) is 2. The third-order valence-electron chi connectivity index (χ3n) is 2.83. The Labute approximate surface area is 127 Å². The predicted molar refractivity (Wildman–Crippen MR) is 80.4 cm³/mol. The van der Waals surface area contributed by atoms with Gasteiger partial charge in [-0.3, -0.25) is 0 Å². The third-order valence-corrected chi connectivity index (χ3v) is 3.42. The highest BCUT2D eigenvalue weighted by molar-refractivity contribution is 6.35. The maximum absolute atomic E-state index is 10.9. The molecule has 5 heteroatoms. The molecule has 0 fully saturated rings. The van der Waals surface area contributed by atoms with Crippen molar-refractivity contribution in [1.29, 1.82) is 0 Å². The zero-order valence-corrected chi connectivity index (χ0v) is 12.1. The van der Waals surface area contributed by atoms with Crippen LogP contribution in [0.3, 0.4) is 0 Å². The van der Waals surface area contributed by atoms with E-state index in [4.69, 9.17) is 28.3 Å². The number of rotatable bonds is 5. The van der Waals surface area contributed by atoms with Crippen LogP contribution >= 0.6 is 23.2 Å². The van der Waals surface area contributed by atoms with E-state index in [1.807, 2.05) is 12.1 Å². The van der Waals surface area contributed by atoms with E-state index in [1.54, 1.807) is 30.3 Å². The number of benzene rings is 2. The second-order valence-electron chi connectivity index (χ2n) is 4.34. The molecule has 0 bridgehead atoms. The summed E-state index contributed by atoms with van der Waals surface area (Å²) in [5, 5.41) is 13.4. The summed E-state index contributed by atoms with van der Waals surface area (Å²) < 4.78 is 0. The zero-order chi connectivity index (χ0) is 14.5. The van der Waals surface area contributed by atoms with E-state index < -0.39 is 5.97 Å². The van der Waals surface area contributed by atoms with Gasteiger partial charge in [0.15, 0.2) is 0 Å². The molecule has 0 aromatic heterocycles. The van der Waals surface area contributed by atoms with Gasteiger partial charge in [-0.25, -0.2) is 4.79 Å². The Kier molecular flexibility index (Phi) is 5.01. The van der Waals surface area contributed by atoms with Crippen LogP contribution in [0, 0.1) is 0 Å². The lowest BCUT2D eigenvalue weighted by Crippen LogP contribution is -2.13. The normalized spacial score (nSPS) is 10.5. The summed E-state index contributed by atoms with van der Waals surface area (Å²) in [6, 6.07) is 12.2. The molecular formula is C15H13Cl2NO2. The van der Waals surface area contributed by atoms with Gasteiger partial charge in [0.1, 0.15) is 0 Å². The second kappa shape index (κ2) is 6.75. The molecule has 2 aromatic carbocycles. The average Bonchev–Trinajstić information content (AvgIpc) is 2.41. The van der Waals surface area contributed by atoms with Gasteiger partial charge in [0.2, 0.25) is 0 Å². The first-order valence-electron chi connectivity index (χ1n) is 6.03. The van der Waals surface area contributed by atoms with Crippen molar-refractivity contribution >= 4 is 29.2 Å². The van der Waals surface area contributed by atoms with E-state index in [0.717, 1.165) is 11.1 Å². The van der Waals surface area contributed by atoms with Crippen molar-refractivity contribution in [3.63, 3.8) is 0 Å². The standard InChI is InChI=1S/C15H13Cl2NO2/c16-13-5-4-12(14(17)7-13)9-18-8-10-2-1-3-11(6-10)15(19)20/h1-7,18H,8-9H2,(H,19,20). The number of aromatic carboxylic acids is 1. The Morgan fingerprint density at radius 3 is 2.60 bits per heavy atom. The Hall–Kier alpha value is -1.55. The molecule has 104 valence electrons. The van der Waals surface area contributed by atoms with Gasteiger partial charge in [-0.15, -0.1) is 0 Å². The van der Waals surface area contributed by atoms with E-state index in [1.165, 1.54) is 0 Å². The molecule has 0 radical (unpaired) electrons. The van der Waals surface area contributed by atoms with Crippen molar-refractivity contribution in [1.82, 2.24) is 5.32 Å². The Morgan fingerprint density at radius 2 is 1.90 bits per heavy atom. The van der Waals surface area contributed by atoms with Crippen LogP contribution in [0.1, 0.15) is 21.5 Å². The van der Waals surface area contributed by atoms with Crippen LogP contribution in [0.25, 0.3) is 0 Å². The zero-order valence-electron chi connectivity index (χ0n) is 10.6. The quantitative estimate of drug-likeness (QED) is 0.878. The van der Waals surface area contributed by atoms with Gasteiger partial charge in [-0.05, 0) is 35.4 Å². The summed E-state index contributed by atoms with van der Waals surface area (Å²) in [5.41, 5.74) is 2.15. The molecule has 0 atom stereocenters. The lowest BCUT2D eigenvalue weighted by Gasteiger charge is -2.08. The monoisotopic (exact) mass is 309 g/mol. The topological polar surface area (TPSA) is 49.3 Å². The molecule has 0 amide bonds. The molecule has 0 aliphatic carbocycles. The van der Waals surface area contributed by atoms with Crippen molar-refractivity contribution in [3.05, 3.63) is 69.2 Å². The molecule has 0 unspecified atom stereocenters. The maximum Gasteiger partial charge on any atom is 0.335 e. The first-order chi connectivity index (χ1) is 9.56. The van der Waals surface area contributed by atoms with Crippen LogP contribution in [0.2, 0.25) is 10.0 Å². The van der Waals surface area contributed by atoms with E-state index in [0.29, 0.717) is 23.1 Å². The molecule has 0 aliphatic heterocycles. The first kappa shape index (κ1) is 14.9. The number of carbonyl (C=O) groups is 1. The van der Waals surface area contributed by atoms with Gasteiger partial charge < -0.3 is 10.4 Å². The molecule has 2 rings (SSSR count). The molecule has 0 saturated heterocycles. The van der Waals surface area contributed by atoms with Gasteiger partial charge in [-0.2, -0.15) is 0 Å². The molecule has 2 aromatic rings.